The van der Waals surface area contributed by atoms with Gasteiger partial charge in [-0.1, -0.05) is 25.4 Å². The van der Waals surface area contributed by atoms with Crippen LogP contribution in [-0.2, 0) is 16.1 Å². The van der Waals surface area contributed by atoms with Crippen LogP contribution in [0.1, 0.15) is 30.6 Å². The van der Waals surface area contributed by atoms with Crippen LogP contribution in [-0.4, -0.2) is 49.0 Å². The predicted octanol–water partition coefficient (Wildman–Crippen LogP) is 2.36. The van der Waals surface area contributed by atoms with E-state index in [9.17, 15) is 19.7 Å². The van der Waals surface area contributed by atoms with Gasteiger partial charge in [0.1, 0.15) is 17.9 Å². The molecule has 1 amide bonds. The summed E-state index contributed by atoms with van der Waals surface area (Å²) in [5.74, 6) is -1.21. The second-order valence-electron chi connectivity index (χ2n) is 7.51. The molecule has 3 aromatic rings. The highest BCUT2D eigenvalue weighted by atomic mass is 35.5. The number of non-ortho nitro benzene ring substituents is 1. The number of ether oxygens (including phenoxy) is 1. The number of hydrogen-bond acceptors (Lipinski definition) is 9. The average Bonchev–Trinajstić information content (AvgIpc) is 3.18. The van der Waals surface area contributed by atoms with Crippen LogP contribution < -0.4 is 11.1 Å². The summed E-state index contributed by atoms with van der Waals surface area (Å²) >= 11 is 6.01. The number of esters is 1. The Balaban J connectivity index is 1.57. The summed E-state index contributed by atoms with van der Waals surface area (Å²) in [5, 5.41) is 13.3. The molecule has 0 bridgehead atoms. The fraction of sp³-hybridized carbons (Fsp3) is 0.350. The number of hydrogen-bond donors (Lipinski definition) is 2. The number of carbonyl (C=O) groups is 2. The molecule has 0 fully saturated rings. The van der Waals surface area contributed by atoms with Crippen LogP contribution in [0.25, 0.3) is 11.2 Å². The quantitative estimate of drug-likeness (QED) is 0.204. The Morgan fingerprint density at radius 2 is 2.06 bits per heavy atom. The first-order chi connectivity index (χ1) is 15.7. The summed E-state index contributed by atoms with van der Waals surface area (Å²) < 4.78 is 7.13. The van der Waals surface area contributed by atoms with E-state index in [1.807, 2.05) is 0 Å². The number of halogens is 1. The van der Waals surface area contributed by atoms with E-state index in [-0.39, 0.29) is 34.6 Å². The molecule has 33 heavy (non-hydrogen) atoms. The van der Waals surface area contributed by atoms with Gasteiger partial charge in [-0.15, -0.1) is 0 Å². The van der Waals surface area contributed by atoms with Gasteiger partial charge in [0, 0.05) is 18.7 Å². The molecule has 13 heteroatoms. The second-order valence-corrected chi connectivity index (χ2v) is 7.91. The number of nitrogen functional groups attached to an aromatic ring is 1. The van der Waals surface area contributed by atoms with E-state index in [1.54, 1.807) is 24.7 Å². The van der Waals surface area contributed by atoms with Crippen molar-refractivity contribution in [3.8, 4) is 0 Å². The van der Waals surface area contributed by atoms with E-state index in [2.05, 4.69) is 20.3 Å². The highest BCUT2D eigenvalue weighted by Crippen LogP contribution is 2.23. The first-order valence-corrected chi connectivity index (χ1v) is 10.4. The molecule has 0 aliphatic rings. The Labute approximate surface area is 193 Å². The summed E-state index contributed by atoms with van der Waals surface area (Å²) in [6.45, 7) is 4.10. The lowest BCUT2D eigenvalue weighted by Crippen LogP contribution is -2.45. The zero-order valence-corrected chi connectivity index (χ0v) is 18.7. The largest absolute Gasteiger partial charge is 0.464 e. The number of nitrogens with two attached hydrogens (primary N) is 1. The van der Waals surface area contributed by atoms with Gasteiger partial charge in [0.25, 0.3) is 11.6 Å². The van der Waals surface area contributed by atoms with Crippen molar-refractivity contribution in [1.29, 1.82) is 0 Å². The molecular weight excluding hydrogens is 454 g/mol. The van der Waals surface area contributed by atoms with Crippen LogP contribution in [0.5, 0.6) is 0 Å². The van der Waals surface area contributed by atoms with Crippen molar-refractivity contribution < 1.29 is 19.2 Å². The van der Waals surface area contributed by atoms with Crippen molar-refractivity contribution in [2.24, 2.45) is 5.92 Å². The van der Waals surface area contributed by atoms with Crippen LogP contribution in [0.2, 0.25) is 5.02 Å². The minimum absolute atomic E-state index is 0.0222. The number of aryl methyl sites for hydroxylation is 1. The third-order valence-electron chi connectivity index (χ3n) is 4.83. The van der Waals surface area contributed by atoms with Crippen LogP contribution in [0.3, 0.4) is 0 Å². The van der Waals surface area contributed by atoms with Gasteiger partial charge in [0.15, 0.2) is 11.5 Å². The number of amides is 1. The molecule has 0 aliphatic heterocycles. The molecule has 3 rings (SSSR count). The lowest BCUT2D eigenvalue weighted by Gasteiger charge is -2.21. The smallest absolute Gasteiger partial charge is 0.328 e. The van der Waals surface area contributed by atoms with Gasteiger partial charge in [0.05, 0.1) is 28.4 Å². The Morgan fingerprint density at radius 3 is 2.73 bits per heavy atom. The second kappa shape index (κ2) is 10.2. The van der Waals surface area contributed by atoms with Crippen LogP contribution in [0, 0.1) is 16.0 Å². The molecule has 174 valence electrons. The number of aromatic nitrogens is 4. The maximum atomic E-state index is 12.6. The molecule has 1 atom stereocenters. The molecule has 12 nitrogen and oxygen atoms in total. The number of rotatable bonds is 9. The highest BCUT2D eigenvalue weighted by Gasteiger charge is 2.27. The van der Waals surface area contributed by atoms with Gasteiger partial charge in [-0.3, -0.25) is 14.9 Å². The fourth-order valence-electron chi connectivity index (χ4n) is 3.08. The molecule has 0 spiro atoms. The van der Waals surface area contributed by atoms with Gasteiger partial charge >= 0.3 is 5.97 Å². The van der Waals surface area contributed by atoms with E-state index in [1.165, 1.54) is 18.5 Å². The minimum atomic E-state index is -0.926. The number of nitrogens with zero attached hydrogens (tertiary/aromatic N) is 5. The molecule has 0 saturated carbocycles. The molecule has 1 aromatic carbocycles. The van der Waals surface area contributed by atoms with Crippen LogP contribution >= 0.6 is 11.6 Å². The van der Waals surface area contributed by atoms with Crippen molar-refractivity contribution in [2.75, 3.05) is 12.3 Å². The average molecular weight is 476 g/mol. The molecule has 0 saturated heterocycles. The molecule has 0 aliphatic carbocycles. The predicted molar refractivity (Wildman–Crippen MR) is 120 cm³/mol. The third kappa shape index (κ3) is 5.52. The molecule has 2 heterocycles. The lowest BCUT2D eigenvalue weighted by molar-refractivity contribution is -0.384. The summed E-state index contributed by atoms with van der Waals surface area (Å²) in [4.78, 5) is 47.6. The van der Waals surface area contributed by atoms with Crippen molar-refractivity contribution in [1.82, 2.24) is 24.8 Å². The Kier molecular flexibility index (Phi) is 7.38. The third-order valence-corrected chi connectivity index (χ3v) is 5.15. The molecule has 3 N–H and O–H groups in total. The zero-order chi connectivity index (χ0) is 24.1. The highest BCUT2D eigenvalue weighted by molar-refractivity contribution is 6.34. The summed E-state index contributed by atoms with van der Waals surface area (Å²) in [6, 6.07) is 2.56. The van der Waals surface area contributed by atoms with Crippen molar-refractivity contribution in [3.63, 3.8) is 0 Å². The molecule has 0 unspecified atom stereocenters. The van der Waals surface area contributed by atoms with Crippen molar-refractivity contribution >= 4 is 46.1 Å². The molecule has 0 radical (unpaired) electrons. The minimum Gasteiger partial charge on any atom is -0.464 e. The standard InChI is InChI=1S/C20H22ClN7O5/c1-11(2)15(26-19(29)13-5-4-12(28(31)32)8-14(13)21)20(30)33-7-3-6-27-10-25-16-17(22)23-9-24-18(16)27/h4-5,8-11,15H,3,6-7H2,1-2H3,(H,26,29)(H2,22,23,24)/t15-/m0/s1. The Bertz CT molecular complexity index is 1200. The van der Waals surface area contributed by atoms with Gasteiger partial charge in [-0.25, -0.2) is 19.7 Å². The number of benzene rings is 1. The van der Waals surface area contributed by atoms with E-state index in [4.69, 9.17) is 22.1 Å². The van der Waals surface area contributed by atoms with Crippen LogP contribution in [0.15, 0.2) is 30.9 Å². The first kappa shape index (κ1) is 23.9. The molecular formula is C20H22ClN7O5. The number of imidazole rings is 1. The van der Waals surface area contributed by atoms with E-state index in [0.717, 1.165) is 6.07 Å². The van der Waals surface area contributed by atoms with Gasteiger partial charge in [0.2, 0.25) is 0 Å². The van der Waals surface area contributed by atoms with Gasteiger partial charge in [-0.2, -0.15) is 0 Å². The molecule has 2 aromatic heterocycles. The summed E-state index contributed by atoms with van der Waals surface area (Å²) in [7, 11) is 0. The van der Waals surface area contributed by atoms with E-state index >= 15 is 0 Å². The topological polar surface area (TPSA) is 168 Å². The normalized spacial score (nSPS) is 12.0. The number of fused-ring (bicyclic) bond motifs is 1. The fourth-order valence-corrected chi connectivity index (χ4v) is 3.34. The van der Waals surface area contributed by atoms with Gasteiger partial charge in [-0.05, 0) is 18.4 Å². The number of nitro groups is 1. The zero-order valence-electron chi connectivity index (χ0n) is 17.9. The van der Waals surface area contributed by atoms with Crippen LogP contribution in [0.4, 0.5) is 11.5 Å². The van der Waals surface area contributed by atoms with Gasteiger partial charge < -0.3 is 20.4 Å². The SMILES string of the molecule is CC(C)[C@H](NC(=O)c1ccc([N+](=O)[O-])cc1Cl)C(=O)OCCCn1cnc2c(N)ncnc21. The summed E-state index contributed by atoms with van der Waals surface area (Å²) in [5.41, 5.74) is 6.64. The monoisotopic (exact) mass is 475 g/mol. The first-order valence-electron chi connectivity index (χ1n) is 10.0. The number of anilines is 1. The van der Waals surface area contributed by atoms with Crippen molar-refractivity contribution in [3.05, 3.63) is 51.6 Å². The maximum Gasteiger partial charge on any atom is 0.328 e. The van der Waals surface area contributed by atoms with E-state index < -0.39 is 22.8 Å². The van der Waals surface area contributed by atoms with E-state index in [0.29, 0.717) is 24.1 Å². The Hall–Kier alpha value is -3.80. The summed E-state index contributed by atoms with van der Waals surface area (Å²) in [6.07, 6.45) is 3.42. The van der Waals surface area contributed by atoms with Crippen molar-refractivity contribution in [2.45, 2.75) is 32.9 Å². The lowest BCUT2D eigenvalue weighted by atomic mass is 10.0. The number of nitro benzene ring substituents is 1. The number of carbonyl (C=O) groups excluding carboxylic acids is 2. The maximum absolute atomic E-state index is 12.6. The Morgan fingerprint density at radius 1 is 1.30 bits per heavy atom. The number of nitrogens with one attached hydrogen (secondary N) is 1.